The third-order valence-electron chi connectivity index (χ3n) is 3.31. The average Bonchev–Trinajstić information content (AvgIpc) is 2.46. The quantitative estimate of drug-likeness (QED) is 0.654. The van der Waals surface area contributed by atoms with Gasteiger partial charge in [-0.25, -0.2) is 0 Å². The van der Waals surface area contributed by atoms with E-state index in [-0.39, 0.29) is 16.7 Å². The van der Waals surface area contributed by atoms with Crippen LogP contribution in [-0.4, -0.2) is 12.0 Å². The van der Waals surface area contributed by atoms with E-state index in [4.69, 9.17) is 23.2 Å². The molecule has 0 amide bonds. The van der Waals surface area contributed by atoms with Crippen molar-refractivity contribution in [2.24, 2.45) is 0 Å². The van der Waals surface area contributed by atoms with Gasteiger partial charge in [0.05, 0.1) is 4.92 Å². The molecule has 0 heterocycles. The zero-order chi connectivity index (χ0) is 15.4. The molecule has 110 valence electrons. The predicted octanol–water partition coefficient (Wildman–Crippen LogP) is 4.40. The first-order chi connectivity index (χ1) is 10.0. The Morgan fingerprint density at radius 2 is 1.76 bits per heavy atom. The van der Waals surface area contributed by atoms with E-state index >= 15 is 0 Å². The Morgan fingerprint density at radius 3 is 2.33 bits per heavy atom. The summed E-state index contributed by atoms with van der Waals surface area (Å²) in [5, 5.41) is 15.3. The number of nitro benzene ring substituents is 1. The van der Waals surface area contributed by atoms with Gasteiger partial charge < -0.3 is 5.32 Å². The van der Waals surface area contributed by atoms with Gasteiger partial charge in [0.25, 0.3) is 5.69 Å². The molecule has 4 nitrogen and oxygen atoms in total. The summed E-state index contributed by atoms with van der Waals surface area (Å²) < 4.78 is 0. The van der Waals surface area contributed by atoms with Crippen LogP contribution < -0.4 is 5.32 Å². The first-order valence-corrected chi connectivity index (χ1v) is 7.13. The highest BCUT2D eigenvalue weighted by molar-refractivity contribution is 6.36. The molecule has 2 aromatic rings. The summed E-state index contributed by atoms with van der Waals surface area (Å²) in [5.41, 5.74) is 1.49. The summed E-state index contributed by atoms with van der Waals surface area (Å²) in [4.78, 5) is 10.7. The van der Waals surface area contributed by atoms with Crippen molar-refractivity contribution in [3.8, 4) is 0 Å². The van der Waals surface area contributed by atoms with Gasteiger partial charge in [0.2, 0.25) is 0 Å². The molecule has 0 aliphatic heterocycles. The lowest BCUT2D eigenvalue weighted by Gasteiger charge is -2.19. The largest absolute Gasteiger partial charge is 0.313 e. The van der Waals surface area contributed by atoms with Gasteiger partial charge in [0.15, 0.2) is 0 Å². The molecule has 0 aromatic heterocycles. The molecular formula is C15H14Cl2N2O2. The van der Waals surface area contributed by atoms with Crippen LogP contribution in [0.2, 0.25) is 10.0 Å². The first-order valence-electron chi connectivity index (χ1n) is 6.38. The number of nitrogens with one attached hydrogen (secondary N) is 1. The number of hydrogen-bond acceptors (Lipinski definition) is 3. The summed E-state index contributed by atoms with van der Waals surface area (Å²) >= 11 is 12.4. The van der Waals surface area contributed by atoms with Gasteiger partial charge in [-0.15, -0.1) is 0 Å². The van der Waals surface area contributed by atoms with E-state index in [9.17, 15) is 10.1 Å². The van der Waals surface area contributed by atoms with E-state index in [1.54, 1.807) is 43.4 Å². The van der Waals surface area contributed by atoms with Crippen LogP contribution >= 0.6 is 23.2 Å². The zero-order valence-corrected chi connectivity index (χ0v) is 12.9. The molecular weight excluding hydrogens is 311 g/mol. The third-order valence-corrected chi connectivity index (χ3v) is 3.97. The lowest BCUT2D eigenvalue weighted by molar-refractivity contribution is -0.385. The van der Waals surface area contributed by atoms with E-state index in [2.05, 4.69) is 5.32 Å². The second kappa shape index (κ2) is 6.89. The molecule has 6 heteroatoms. The van der Waals surface area contributed by atoms with Crippen molar-refractivity contribution < 1.29 is 4.92 Å². The Labute approximate surface area is 132 Å². The van der Waals surface area contributed by atoms with Gasteiger partial charge >= 0.3 is 0 Å². The van der Waals surface area contributed by atoms with Crippen LogP contribution in [0.3, 0.4) is 0 Å². The second-order valence-corrected chi connectivity index (χ2v) is 5.38. The highest BCUT2D eigenvalue weighted by Gasteiger charge is 2.21. The standard InChI is InChI=1S/C15H14Cl2N2O2/c1-18-13(15-11(16)6-4-7-12(15)17)9-10-5-2-3-8-14(10)19(20)21/h2-8,13,18H,9H2,1H3. The maximum Gasteiger partial charge on any atom is 0.272 e. The first kappa shape index (κ1) is 15.8. The van der Waals surface area contributed by atoms with Crippen molar-refractivity contribution >= 4 is 28.9 Å². The van der Waals surface area contributed by atoms with Gasteiger partial charge in [-0.05, 0) is 25.6 Å². The van der Waals surface area contributed by atoms with Gasteiger partial charge in [0.1, 0.15) is 0 Å². The zero-order valence-electron chi connectivity index (χ0n) is 11.3. The summed E-state index contributed by atoms with van der Waals surface area (Å²) in [6, 6.07) is 11.8. The molecule has 21 heavy (non-hydrogen) atoms. The number of para-hydroxylation sites is 1. The molecule has 2 rings (SSSR count). The van der Waals surface area contributed by atoms with Crippen LogP contribution in [-0.2, 0) is 6.42 Å². The fraction of sp³-hybridized carbons (Fsp3) is 0.200. The van der Waals surface area contributed by atoms with E-state index < -0.39 is 0 Å². The van der Waals surface area contributed by atoms with Crippen molar-refractivity contribution in [2.45, 2.75) is 12.5 Å². The summed E-state index contributed by atoms with van der Waals surface area (Å²) in [6.45, 7) is 0. The molecule has 1 N–H and O–H groups in total. The van der Waals surface area contributed by atoms with Crippen molar-refractivity contribution in [3.05, 3.63) is 73.8 Å². The molecule has 0 saturated carbocycles. The molecule has 0 radical (unpaired) electrons. The maximum absolute atomic E-state index is 11.1. The molecule has 1 atom stereocenters. The molecule has 0 spiro atoms. The summed E-state index contributed by atoms with van der Waals surface area (Å²) in [7, 11) is 1.78. The van der Waals surface area contributed by atoms with Crippen LogP contribution in [0.1, 0.15) is 17.2 Å². The lowest BCUT2D eigenvalue weighted by atomic mass is 9.98. The number of benzene rings is 2. The number of nitrogens with zero attached hydrogens (tertiary/aromatic N) is 1. The van der Waals surface area contributed by atoms with Crippen LogP contribution in [0.15, 0.2) is 42.5 Å². The molecule has 1 unspecified atom stereocenters. The molecule has 0 fully saturated rings. The Hall–Kier alpha value is -1.62. The van der Waals surface area contributed by atoms with Crippen LogP contribution in [0.25, 0.3) is 0 Å². The molecule has 2 aromatic carbocycles. The SMILES string of the molecule is CNC(Cc1ccccc1[N+](=O)[O-])c1c(Cl)cccc1Cl. The average molecular weight is 325 g/mol. The lowest BCUT2D eigenvalue weighted by Crippen LogP contribution is -2.20. The highest BCUT2D eigenvalue weighted by atomic mass is 35.5. The minimum Gasteiger partial charge on any atom is -0.313 e. The number of rotatable bonds is 5. The number of likely N-dealkylation sites (N-methyl/N-ethyl adjacent to an activating group) is 1. The van der Waals surface area contributed by atoms with Gasteiger partial charge in [-0.2, -0.15) is 0 Å². The third kappa shape index (κ3) is 3.53. The van der Waals surface area contributed by atoms with Gasteiger partial charge in [0, 0.05) is 33.3 Å². The topological polar surface area (TPSA) is 55.2 Å². The smallest absolute Gasteiger partial charge is 0.272 e. The summed E-state index contributed by atoms with van der Waals surface area (Å²) in [6.07, 6.45) is 0.428. The van der Waals surface area contributed by atoms with Crippen molar-refractivity contribution in [1.82, 2.24) is 5.32 Å². The molecule has 0 aliphatic carbocycles. The maximum atomic E-state index is 11.1. The molecule has 0 aliphatic rings. The fourth-order valence-electron chi connectivity index (χ4n) is 2.27. The number of hydrogen-bond donors (Lipinski definition) is 1. The Balaban J connectivity index is 2.39. The van der Waals surface area contributed by atoms with Crippen LogP contribution in [0.5, 0.6) is 0 Å². The molecule has 0 bridgehead atoms. The van der Waals surface area contributed by atoms with E-state index in [1.807, 2.05) is 0 Å². The number of halogens is 2. The second-order valence-electron chi connectivity index (χ2n) is 4.57. The highest BCUT2D eigenvalue weighted by Crippen LogP contribution is 2.33. The van der Waals surface area contributed by atoms with E-state index in [1.165, 1.54) is 6.07 Å². The minimum absolute atomic E-state index is 0.0981. The predicted molar refractivity (Wildman–Crippen MR) is 85.1 cm³/mol. The van der Waals surface area contributed by atoms with Crippen molar-refractivity contribution in [1.29, 1.82) is 0 Å². The van der Waals surface area contributed by atoms with Crippen LogP contribution in [0.4, 0.5) is 5.69 Å². The monoisotopic (exact) mass is 324 g/mol. The Bertz CT molecular complexity index is 642. The minimum atomic E-state index is -0.379. The van der Waals surface area contributed by atoms with E-state index in [0.29, 0.717) is 22.0 Å². The normalized spacial score (nSPS) is 12.1. The van der Waals surface area contributed by atoms with E-state index in [0.717, 1.165) is 5.56 Å². The van der Waals surface area contributed by atoms with Gasteiger partial charge in [-0.3, -0.25) is 10.1 Å². The number of nitro groups is 1. The van der Waals surface area contributed by atoms with Gasteiger partial charge in [-0.1, -0.05) is 47.5 Å². The Kier molecular flexibility index (Phi) is 5.17. The van der Waals surface area contributed by atoms with Crippen molar-refractivity contribution in [3.63, 3.8) is 0 Å². The molecule has 0 saturated heterocycles. The summed E-state index contributed by atoms with van der Waals surface area (Å²) in [5.74, 6) is 0. The Morgan fingerprint density at radius 1 is 1.14 bits per heavy atom. The van der Waals surface area contributed by atoms with Crippen LogP contribution in [0, 0.1) is 10.1 Å². The fourth-order valence-corrected chi connectivity index (χ4v) is 2.93. The van der Waals surface area contributed by atoms with Crippen molar-refractivity contribution in [2.75, 3.05) is 7.05 Å².